The molecule has 2 aromatic rings. The van der Waals surface area contributed by atoms with Crippen molar-refractivity contribution in [1.82, 2.24) is 0 Å². The molecular weight excluding hydrogens is 312 g/mol. The van der Waals surface area contributed by atoms with E-state index in [4.69, 9.17) is 22.4 Å². The second-order valence-electron chi connectivity index (χ2n) is 4.35. The molecule has 0 fully saturated rings. The van der Waals surface area contributed by atoms with E-state index in [0.29, 0.717) is 11.6 Å². The van der Waals surface area contributed by atoms with Crippen LogP contribution < -0.4 is 11.1 Å². The summed E-state index contributed by atoms with van der Waals surface area (Å²) in [5.74, 6) is -1.43. The molecule has 110 valence electrons. The maximum Gasteiger partial charge on any atom is 0.308 e. The average Bonchev–Trinajstić information content (AvgIpc) is 2.84. The molecule has 0 unspecified atom stereocenters. The van der Waals surface area contributed by atoms with Crippen LogP contribution in [0, 0.1) is 0 Å². The molecule has 0 saturated heterocycles. The van der Waals surface area contributed by atoms with E-state index < -0.39 is 11.9 Å². The smallest absolute Gasteiger partial charge is 0.308 e. The van der Waals surface area contributed by atoms with Gasteiger partial charge in [0.1, 0.15) is 0 Å². The molecule has 7 heteroatoms. The van der Waals surface area contributed by atoms with Gasteiger partial charge in [-0.1, -0.05) is 11.6 Å². The second kappa shape index (κ2) is 6.60. The van der Waals surface area contributed by atoms with Crippen LogP contribution in [0.5, 0.6) is 0 Å². The molecule has 0 radical (unpaired) electrons. The van der Waals surface area contributed by atoms with Crippen molar-refractivity contribution in [1.29, 1.82) is 0 Å². The number of amides is 1. The van der Waals surface area contributed by atoms with Gasteiger partial charge in [-0.3, -0.25) is 9.59 Å². The zero-order valence-electron chi connectivity index (χ0n) is 10.9. The third-order valence-corrected chi connectivity index (χ3v) is 4.16. The Hall–Kier alpha value is -2.05. The van der Waals surface area contributed by atoms with E-state index in [1.165, 1.54) is 11.3 Å². The highest BCUT2D eigenvalue weighted by Gasteiger charge is 2.08. The summed E-state index contributed by atoms with van der Waals surface area (Å²) in [4.78, 5) is 23.6. The van der Waals surface area contributed by atoms with Crippen molar-refractivity contribution >= 4 is 40.5 Å². The molecule has 5 nitrogen and oxygen atoms in total. The van der Waals surface area contributed by atoms with Gasteiger partial charge in [0, 0.05) is 22.0 Å². The van der Waals surface area contributed by atoms with Crippen molar-refractivity contribution in [3.05, 3.63) is 50.7 Å². The number of benzene rings is 1. The van der Waals surface area contributed by atoms with E-state index in [1.54, 1.807) is 24.3 Å². The minimum absolute atomic E-state index is 0.0252. The fraction of sp³-hybridized carbons (Fsp3) is 0.143. The molecule has 4 N–H and O–H groups in total. The van der Waals surface area contributed by atoms with E-state index >= 15 is 0 Å². The van der Waals surface area contributed by atoms with Crippen LogP contribution >= 0.6 is 22.9 Å². The van der Waals surface area contributed by atoms with Crippen molar-refractivity contribution in [2.75, 3.05) is 5.32 Å². The number of carboxylic acid groups (broad SMARTS) is 1. The lowest BCUT2D eigenvalue weighted by Crippen LogP contribution is -2.12. The second-order valence-corrected chi connectivity index (χ2v) is 6.01. The van der Waals surface area contributed by atoms with Gasteiger partial charge in [0.25, 0.3) is 0 Å². The van der Waals surface area contributed by atoms with Gasteiger partial charge >= 0.3 is 5.97 Å². The predicted octanol–water partition coefficient (Wildman–Crippen LogP) is 2.74. The maximum atomic E-state index is 11.2. The Morgan fingerprint density at radius 3 is 2.62 bits per heavy atom. The maximum absolute atomic E-state index is 11.2. The van der Waals surface area contributed by atoms with Gasteiger partial charge in [-0.15, -0.1) is 11.3 Å². The fourth-order valence-corrected chi connectivity index (χ4v) is 2.93. The molecule has 1 amide bonds. The van der Waals surface area contributed by atoms with Gasteiger partial charge in [-0.05, 0) is 30.3 Å². The summed E-state index contributed by atoms with van der Waals surface area (Å²) in [6, 6.07) is 8.62. The largest absolute Gasteiger partial charge is 0.481 e. The van der Waals surface area contributed by atoms with Crippen LogP contribution in [0.15, 0.2) is 30.3 Å². The summed E-state index contributed by atoms with van der Waals surface area (Å²) in [5.41, 5.74) is 6.22. The summed E-state index contributed by atoms with van der Waals surface area (Å²) in [6.45, 7) is 0.532. The van der Waals surface area contributed by atoms with Gasteiger partial charge in [0.2, 0.25) is 5.91 Å². The van der Waals surface area contributed by atoms with Crippen LogP contribution in [-0.2, 0) is 17.8 Å². The molecule has 1 aromatic carbocycles. The lowest BCUT2D eigenvalue weighted by molar-refractivity contribution is -0.136. The molecule has 0 aliphatic carbocycles. The summed E-state index contributed by atoms with van der Waals surface area (Å²) in [5, 5.41) is 12.2. The third kappa shape index (κ3) is 4.21. The van der Waals surface area contributed by atoms with Gasteiger partial charge < -0.3 is 16.2 Å². The number of carbonyl (C=O) groups is 2. The van der Waals surface area contributed by atoms with E-state index in [2.05, 4.69) is 5.32 Å². The van der Waals surface area contributed by atoms with Crippen molar-refractivity contribution < 1.29 is 14.7 Å². The lowest BCUT2D eigenvalue weighted by Gasteiger charge is -2.07. The number of nitrogens with one attached hydrogen (secondary N) is 1. The number of aliphatic carboxylic acids is 1. The molecule has 0 aliphatic heterocycles. The number of anilines is 1. The SMILES string of the molecule is NC(=O)c1cc(NCc2ccc(CC(=O)O)s2)ccc1Cl. The molecule has 0 spiro atoms. The molecule has 1 aromatic heterocycles. The molecule has 0 aliphatic rings. The van der Waals surface area contributed by atoms with Crippen LogP contribution in [0.3, 0.4) is 0 Å². The van der Waals surface area contributed by atoms with Crippen molar-refractivity contribution in [3.63, 3.8) is 0 Å². The molecular formula is C14H13ClN2O3S. The van der Waals surface area contributed by atoms with Crippen LogP contribution in [0.2, 0.25) is 5.02 Å². The van der Waals surface area contributed by atoms with E-state index in [-0.39, 0.29) is 12.0 Å². The first-order valence-corrected chi connectivity index (χ1v) is 7.28. The molecule has 0 saturated carbocycles. The van der Waals surface area contributed by atoms with Gasteiger partial charge in [-0.25, -0.2) is 0 Å². The lowest BCUT2D eigenvalue weighted by atomic mass is 10.2. The number of rotatable bonds is 6. The van der Waals surface area contributed by atoms with Crippen molar-refractivity contribution in [2.24, 2.45) is 5.73 Å². The minimum atomic E-state index is -0.847. The Labute approximate surface area is 130 Å². The summed E-state index contributed by atoms with van der Waals surface area (Å²) < 4.78 is 0. The number of hydrogen-bond donors (Lipinski definition) is 3. The van der Waals surface area contributed by atoms with Crippen LogP contribution in [0.25, 0.3) is 0 Å². The van der Waals surface area contributed by atoms with Crippen LogP contribution in [-0.4, -0.2) is 17.0 Å². The van der Waals surface area contributed by atoms with Crippen molar-refractivity contribution in [3.8, 4) is 0 Å². The third-order valence-electron chi connectivity index (χ3n) is 2.74. The fourth-order valence-electron chi connectivity index (χ4n) is 1.77. The predicted molar refractivity (Wildman–Crippen MR) is 83.0 cm³/mol. The monoisotopic (exact) mass is 324 g/mol. The molecule has 21 heavy (non-hydrogen) atoms. The van der Waals surface area contributed by atoms with Gasteiger partial charge in [0.15, 0.2) is 0 Å². The first kappa shape index (κ1) is 15.3. The highest BCUT2D eigenvalue weighted by molar-refractivity contribution is 7.12. The van der Waals surface area contributed by atoms with E-state index in [0.717, 1.165) is 15.4 Å². The van der Waals surface area contributed by atoms with Crippen LogP contribution in [0.1, 0.15) is 20.1 Å². The van der Waals surface area contributed by atoms with Gasteiger partial charge in [0.05, 0.1) is 17.0 Å². The number of halogens is 1. The van der Waals surface area contributed by atoms with Crippen molar-refractivity contribution in [2.45, 2.75) is 13.0 Å². The van der Waals surface area contributed by atoms with Crippen LogP contribution in [0.4, 0.5) is 5.69 Å². The molecule has 0 bridgehead atoms. The number of carboxylic acids is 1. The number of nitrogens with two attached hydrogens (primary N) is 1. The Morgan fingerprint density at radius 1 is 1.24 bits per heavy atom. The number of thiophene rings is 1. The minimum Gasteiger partial charge on any atom is -0.481 e. The first-order chi connectivity index (χ1) is 9.95. The zero-order valence-corrected chi connectivity index (χ0v) is 12.5. The average molecular weight is 325 g/mol. The summed E-state index contributed by atoms with van der Waals surface area (Å²) in [7, 11) is 0. The quantitative estimate of drug-likeness (QED) is 0.761. The zero-order chi connectivity index (χ0) is 15.4. The number of primary amides is 1. The highest BCUT2D eigenvalue weighted by atomic mass is 35.5. The standard InChI is InChI=1S/C14H13ClN2O3S/c15-12-4-1-8(5-11(12)14(16)20)17-7-10-3-2-9(21-10)6-13(18)19/h1-5,17H,6-7H2,(H2,16,20)(H,18,19). The highest BCUT2D eigenvalue weighted by Crippen LogP contribution is 2.22. The molecule has 2 rings (SSSR count). The Balaban J connectivity index is 2.03. The topological polar surface area (TPSA) is 92.4 Å². The van der Waals surface area contributed by atoms with E-state index in [1.807, 2.05) is 6.07 Å². The number of carbonyl (C=O) groups excluding carboxylic acids is 1. The van der Waals surface area contributed by atoms with Gasteiger partial charge in [-0.2, -0.15) is 0 Å². The summed E-state index contributed by atoms with van der Waals surface area (Å²) in [6.07, 6.45) is 0.0252. The normalized spacial score (nSPS) is 10.3. The first-order valence-electron chi connectivity index (χ1n) is 6.08. The summed E-state index contributed by atoms with van der Waals surface area (Å²) >= 11 is 7.31. The number of hydrogen-bond acceptors (Lipinski definition) is 4. The Bertz CT molecular complexity index is 685. The molecule has 1 heterocycles. The van der Waals surface area contributed by atoms with E-state index in [9.17, 15) is 9.59 Å². The molecule has 0 atom stereocenters. The Kier molecular flexibility index (Phi) is 4.82. The Morgan fingerprint density at radius 2 is 1.95 bits per heavy atom.